The van der Waals surface area contributed by atoms with Gasteiger partial charge in [0.25, 0.3) is 0 Å². The van der Waals surface area contributed by atoms with Crippen molar-refractivity contribution in [3.05, 3.63) is 47.9 Å². The molecule has 0 amide bonds. The maximum absolute atomic E-state index is 5.83. The fraction of sp³-hybridized carbons (Fsp3) is 0.464. The Morgan fingerprint density at radius 3 is 2.86 bits per heavy atom. The molecule has 194 valence electrons. The first-order chi connectivity index (χ1) is 18.1. The zero-order valence-electron chi connectivity index (χ0n) is 21.8. The number of methoxy groups -OCH3 is 1. The molecule has 2 saturated heterocycles. The summed E-state index contributed by atoms with van der Waals surface area (Å²) >= 11 is 0. The maximum Gasteiger partial charge on any atom is 0.227 e. The Kier molecular flexibility index (Phi) is 6.34. The van der Waals surface area contributed by atoms with Crippen LogP contribution in [-0.2, 0) is 13.0 Å². The van der Waals surface area contributed by atoms with E-state index in [4.69, 9.17) is 15.5 Å². The van der Waals surface area contributed by atoms with E-state index in [0.29, 0.717) is 18.0 Å². The van der Waals surface area contributed by atoms with Crippen LogP contribution in [0.25, 0.3) is 17.3 Å². The van der Waals surface area contributed by atoms with Gasteiger partial charge in [0.1, 0.15) is 5.75 Å². The van der Waals surface area contributed by atoms with Gasteiger partial charge in [-0.2, -0.15) is 5.10 Å². The lowest BCUT2D eigenvalue weighted by molar-refractivity contribution is 0.133. The molecule has 5 heterocycles. The quantitative estimate of drug-likeness (QED) is 0.507. The number of likely N-dealkylation sites (tertiary alicyclic amines) is 1. The van der Waals surface area contributed by atoms with Crippen molar-refractivity contribution in [3.8, 4) is 17.0 Å². The van der Waals surface area contributed by atoms with Crippen LogP contribution < -0.4 is 20.7 Å². The lowest BCUT2D eigenvalue weighted by Crippen LogP contribution is -2.67. The van der Waals surface area contributed by atoms with Gasteiger partial charge >= 0.3 is 0 Å². The molecule has 1 aromatic carbocycles. The van der Waals surface area contributed by atoms with E-state index in [0.717, 1.165) is 54.3 Å². The molecule has 0 saturated carbocycles. The third-order valence-electron chi connectivity index (χ3n) is 8.20. The predicted octanol–water partition coefficient (Wildman–Crippen LogP) is 3.68. The van der Waals surface area contributed by atoms with Crippen molar-refractivity contribution >= 4 is 23.4 Å². The Bertz CT molecular complexity index is 1310. The minimum Gasteiger partial charge on any atom is -0.494 e. The summed E-state index contributed by atoms with van der Waals surface area (Å²) in [7, 11) is 3.96. The molecule has 3 aliphatic rings. The van der Waals surface area contributed by atoms with Crippen LogP contribution in [0.1, 0.15) is 36.9 Å². The topological polar surface area (TPSA) is 97.4 Å². The van der Waals surface area contributed by atoms with Crippen molar-refractivity contribution in [2.75, 3.05) is 50.6 Å². The Hall–Kier alpha value is -3.43. The van der Waals surface area contributed by atoms with Crippen molar-refractivity contribution in [3.63, 3.8) is 0 Å². The number of benzene rings is 1. The summed E-state index contributed by atoms with van der Waals surface area (Å²) in [5.74, 6) is 1.29. The molecule has 6 rings (SSSR count). The summed E-state index contributed by atoms with van der Waals surface area (Å²) in [6, 6.07) is 6.19. The summed E-state index contributed by atoms with van der Waals surface area (Å²) in [4.78, 5) is 14.3. The Morgan fingerprint density at radius 1 is 1.19 bits per heavy atom. The van der Waals surface area contributed by atoms with Gasteiger partial charge in [-0.1, -0.05) is 12.2 Å². The van der Waals surface area contributed by atoms with Crippen molar-refractivity contribution in [1.29, 1.82) is 0 Å². The number of nitrogens with zero attached hydrogens (tertiary/aromatic N) is 6. The van der Waals surface area contributed by atoms with Crippen LogP contribution in [0.5, 0.6) is 5.75 Å². The number of rotatable bonds is 7. The third kappa shape index (κ3) is 4.36. The normalized spacial score (nSPS) is 18.8. The fourth-order valence-corrected chi connectivity index (χ4v) is 6.09. The molecule has 9 heteroatoms. The summed E-state index contributed by atoms with van der Waals surface area (Å²) in [6.45, 7) is 4.71. The molecule has 3 aliphatic heterocycles. The van der Waals surface area contributed by atoms with E-state index >= 15 is 0 Å². The van der Waals surface area contributed by atoms with Gasteiger partial charge in [0.2, 0.25) is 5.95 Å². The number of hydrogen-bond donors (Lipinski definition) is 2. The number of aromatic nitrogens is 4. The molecular weight excluding hydrogens is 464 g/mol. The van der Waals surface area contributed by atoms with E-state index in [1.54, 1.807) is 13.3 Å². The van der Waals surface area contributed by atoms with Gasteiger partial charge < -0.3 is 20.7 Å². The summed E-state index contributed by atoms with van der Waals surface area (Å²) in [6.07, 6.45) is 13.7. The molecular formula is C28H36N8O. The molecule has 1 spiro atoms. The van der Waals surface area contributed by atoms with E-state index in [-0.39, 0.29) is 0 Å². The van der Waals surface area contributed by atoms with Gasteiger partial charge in [0, 0.05) is 55.4 Å². The Balaban J connectivity index is 1.29. The molecule has 9 nitrogen and oxygen atoms in total. The van der Waals surface area contributed by atoms with E-state index in [2.05, 4.69) is 55.1 Å². The van der Waals surface area contributed by atoms with Crippen LogP contribution in [0.4, 0.5) is 17.3 Å². The van der Waals surface area contributed by atoms with E-state index in [1.165, 1.54) is 43.6 Å². The summed E-state index contributed by atoms with van der Waals surface area (Å²) in [5.41, 5.74) is 12.4. The number of nitrogens with one attached hydrogen (secondary N) is 1. The highest BCUT2D eigenvalue weighted by Gasteiger charge is 2.49. The van der Waals surface area contributed by atoms with Crippen molar-refractivity contribution < 1.29 is 4.74 Å². The van der Waals surface area contributed by atoms with E-state index in [1.807, 2.05) is 18.3 Å². The molecule has 2 aromatic heterocycles. The number of hydrogen-bond acceptors (Lipinski definition) is 8. The van der Waals surface area contributed by atoms with Crippen molar-refractivity contribution in [2.24, 2.45) is 5.73 Å². The van der Waals surface area contributed by atoms with Gasteiger partial charge in [-0.3, -0.25) is 9.58 Å². The number of nitrogens with two attached hydrogens (primary N) is 1. The standard InChI is InChI=1S/C28H36N8O/c1-34-13-6-10-28(34)18-35(19-28)25-16-26(37-2)23(15-20(25)7-5-11-29)33-27-30-12-9-22(32-27)21-17-31-36-14-4-3-8-24(21)36/h5,7,9,12,15-17H,3-4,6,8,10-11,13-14,18-19,29H2,1-2H3,(H,30,32,33). The highest BCUT2D eigenvalue weighted by molar-refractivity contribution is 5.79. The lowest BCUT2D eigenvalue weighted by atomic mass is 9.86. The number of anilines is 3. The molecule has 37 heavy (non-hydrogen) atoms. The highest BCUT2D eigenvalue weighted by Crippen LogP contribution is 2.43. The van der Waals surface area contributed by atoms with Gasteiger partial charge in [0.05, 0.1) is 30.2 Å². The SMILES string of the molecule is COc1cc(N2CC3(CCCN3C)C2)c(C=CCN)cc1Nc1nccc(-c2cnn3c2CCCC3)n1. The minimum absolute atomic E-state index is 0.306. The second-order valence-electron chi connectivity index (χ2n) is 10.4. The van der Waals surface area contributed by atoms with Crippen LogP contribution in [-0.4, -0.2) is 70.5 Å². The number of ether oxygens (including phenoxy) is 1. The van der Waals surface area contributed by atoms with Crippen molar-refractivity contribution in [2.45, 2.75) is 44.2 Å². The third-order valence-corrected chi connectivity index (χ3v) is 8.20. The zero-order chi connectivity index (χ0) is 25.4. The molecule has 0 aliphatic carbocycles. The summed E-state index contributed by atoms with van der Waals surface area (Å²) in [5, 5.41) is 7.99. The van der Waals surface area contributed by atoms with Gasteiger partial charge in [-0.15, -0.1) is 0 Å². The number of fused-ring (bicyclic) bond motifs is 1. The first-order valence-corrected chi connectivity index (χ1v) is 13.3. The molecule has 3 aromatic rings. The van der Waals surface area contributed by atoms with Crippen molar-refractivity contribution in [1.82, 2.24) is 24.6 Å². The molecule has 2 fully saturated rings. The monoisotopic (exact) mass is 500 g/mol. The van der Waals surface area contributed by atoms with Gasteiger partial charge in [-0.05, 0) is 63.4 Å². The van der Waals surface area contributed by atoms with Crippen LogP contribution in [0.2, 0.25) is 0 Å². The largest absolute Gasteiger partial charge is 0.494 e. The van der Waals surface area contributed by atoms with Crippen LogP contribution in [0, 0.1) is 0 Å². The highest BCUT2D eigenvalue weighted by atomic mass is 16.5. The van der Waals surface area contributed by atoms with Gasteiger partial charge in [-0.25, -0.2) is 9.97 Å². The smallest absolute Gasteiger partial charge is 0.227 e. The Labute approximate surface area is 218 Å². The maximum atomic E-state index is 5.83. The average molecular weight is 501 g/mol. The van der Waals surface area contributed by atoms with Crippen LogP contribution in [0.15, 0.2) is 36.7 Å². The zero-order valence-corrected chi connectivity index (χ0v) is 21.8. The molecule has 3 N–H and O–H groups in total. The number of likely N-dealkylation sites (N-methyl/N-ethyl adjacent to an activating group) is 1. The first kappa shape index (κ1) is 23.9. The van der Waals surface area contributed by atoms with Gasteiger partial charge in [0.15, 0.2) is 0 Å². The second kappa shape index (κ2) is 9.79. The fourth-order valence-electron chi connectivity index (χ4n) is 6.09. The number of aryl methyl sites for hydroxylation is 1. The van der Waals surface area contributed by atoms with E-state index in [9.17, 15) is 0 Å². The molecule has 0 atom stereocenters. The molecule has 0 bridgehead atoms. The second-order valence-corrected chi connectivity index (χ2v) is 10.4. The van der Waals surface area contributed by atoms with Crippen LogP contribution >= 0.6 is 0 Å². The molecule has 0 unspecified atom stereocenters. The van der Waals surface area contributed by atoms with E-state index < -0.39 is 0 Å². The Morgan fingerprint density at radius 2 is 2.08 bits per heavy atom. The molecule has 0 radical (unpaired) electrons. The minimum atomic E-state index is 0.306. The average Bonchev–Trinajstić information content (AvgIpc) is 3.50. The summed E-state index contributed by atoms with van der Waals surface area (Å²) < 4.78 is 7.94. The lowest BCUT2D eigenvalue weighted by Gasteiger charge is -2.53. The first-order valence-electron chi connectivity index (χ1n) is 13.3. The predicted molar refractivity (Wildman–Crippen MR) is 147 cm³/mol. The van der Waals surface area contributed by atoms with Crippen LogP contribution in [0.3, 0.4) is 0 Å².